The minimum atomic E-state index is -4.99. The summed E-state index contributed by atoms with van der Waals surface area (Å²) in [6.07, 6.45) is -4.30. The van der Waals surface area contributed by atoms with Gasteiger partial charge in [0.15, 0.2) is 5.69 Å². The topological polar surface area (TPSA) is 123 Å². The molecule has 0 saturated heterocycles. The Kier molecular flexibility index (Phi) is 6.61. The first-order chi connectivity index (χ1) is 15.2. The van der Waals surface area contributed by atoms with Gasteiger partial charge in [-0.05, 0) is 24.3 Å². The molecule has 0 atom stereocenters. The number of aromatic nitrogens is 4. The van der Waals surface area contributed by atoms with Crippen LogP contribution in [0.4, 0.5) is 13.2 Å². The number of ether oxygens (including phenoxy) is 2. The molecule has 32 heavy (non-hydrogen) atoms. The Morgan fingerprint density at radius 3 is 2.62 bits per heavy atom. The number of alkyl halides is 3. The number of benzene rings is 1. The molecule has 3 aromatic rings. The third-order valence-electron chi connectivity index (χ3n) is 4.07. The van der Waals surface area contributed by atoms with Gasteiger partial charge in [-0.2, -0.15) is 18.4 Å². The Morgan fingerprint density at radius 2 is 2.00 bits per heavy atom. The fraction of sp³-hybridized carbons (Fsp3) is 0.211. The van der Waals surface area contributed by atoms with Crippen molar-refractivity contribution in [3.8, 4) is 23.4 Å². The molecule has 2 heterocycles. The van der Waals surface area contributed by atoms with E-state index in [0.29, 0.717) is 6.33 Å². The molecule has 0 amide bonds. The number of aliphatic hydroxyl groups is 1. The van der Waals surface area contributed by atoms with Gasteiger partial charge in [0.25, 0.3) is 5.56 Å². The predicted molar refractivity (Wildman–Crippen MR) is 103 cm³/mol. The summed E-state index contributed by atoms with van der Waals surface area (Å²) in [5.41, 5.74) is -2.26. The largest absolute Gasteiger partial charge is 0.480 e. The van der Waals surface area contributed by atoms with Crippen LogP contribution in [0, 0.1) is 11.3 Å². The average molecular weight is 468 g/mol. The number of nitriles is 1. The third-order valence-corrected chi connectivity index (χ3v) is 4.28. The Hall–Kier alpha value is -3.69. The summed E-state index contributed by atoms with van der Waals surface area (Å²) in [6.45, 7) is -0.750. The molecule has 0 aliphatic rings. The van der Waals surface area contributed by atoms with Gasteiger partial charge < -0.3 is 14.6 Å². The van der Waals surface area contributed by atoms with Gasteiger partial charge in [-0.15, -0.1) is 10.2 Å². The molecule has 3 rings (SSSR count). The van der Waals surface area contributed by atoms with Crippen LogP contribution in [0.1, 0.15) is 22.5 Å². The molecule has 0 radical (unpaired) electrons. The zero-order valence-electron chi connectivity index (χ0n) is 16.2. The van der Waals surface area contributed by atoms with E-state index >= 15 is 0 Å². The lowest BCUT2D eigenvalue weighted by atomic mass is 10.2. The molecule has 0 spiro atoms. The summed E-state index contributed by atoms with van der Waals surface area (Å²) < 4.78 is 51.4. The van der Waals surface area contributed by atoms with Crippen molar-refractivity contribution in [1.82, 2.24) is 19.7 Å². The molecule has 166 valence electrons. The first-order valence-electron chi connectivity index (χ1n) is 8.71. The maximum absolute atomic E-state index is 13.5. The van der Waals surface area contributed by atoms with Crippen molar-refractivity contribution >= 4 is 11.6 Å². The van der Waals surface area contributed by atoms with Crippen LogP contribution < -0.4 is 15.0 Å². The van der Waals surface area contributed by atoms with E-state index in [0.717, 1.165) is 16.7 Å². The summed E-state index contributed by atoms with van der Waals surface area (Å²) in [7, 11) is 1.32. The third kappa shape index (κ3) is 4.96. The fourth-order valence-electron chi connectivity index (χ4n) is 2.68. The van der Waals surface area contributed by atoms with Gasteiger partial charge in [-0.25, -0.2) is 4.98 Å². The van der Waals surface area contributed by atoms with Crippen LogP contribution in [0.15, 0.2) is 35.4 Å². The van der Waals surface area contributed by atoms with E-state index in [-0.39, 0.29) is 40.0 Å². The van der Waals surface area contributed by atoms with Crippen LogP contribution in [-0.2, 0) is 19.3 Å². The molecule has 0 unspecified atom stereocenters. The lowest BCUT2D eigenvalue weighted by Crippen LogP contribution is -2.27. The quantitative estimate of drug-likeness (QED) is 0.587. The van der Waals surface area contributed by atoms with E-state index in [1.165, 1.54) is 19.2 Å². The van der Waals surface area contributed by atoms with Crippen LogP contribution in [0.3, 0.4) is 0 Å². The number of rotatable bonds is 6. The average Bonchev–Trinajstić information content (AvgIpc) is 2.75. The molecule has 9 nitrogen and oxygen atoms in total. The molecule has 2 aromatic heterocycles. The van der Waals surface area contributed by atoms with Gasteiger partial charge in [-0.1, -0.05) is 11.6 Å². The monoisotopic (exact) mass is 467 g/mol. The minimum absolute atomic E-state index is 0.0234. The van der Waals surface area contributed by atoms with Gasteiger partial charge in [0.1, 0.15) is 5.75 Å². The van der Waals surface area contributed by atoms with Crippen molar-refractivity contribution in [2.75, 3.05) is 7.11 Å². The number of nitrogens with zero attached hydrogens (tertiary/aromatic N) is 5. The molecular formula is C19H13ClF3N5O4. The summed E-state index contributed by atoms with van der Waals surface area (Å²) >= 11 is 5.86. The normalized spacial score (nSPS) is 11.2. The van der Waals surface area contributed by atoms with Crippen molar-refractivity contribution in [2.24, 2.45) is 0 Å². The van der Waals surface area contributed by atoms with Crippen molar-refractivity contribution < 1.29 is 27.8 Å². The highest BCUT2D eigenvalue weighted by atomic mass is 35.5. The highest BCUT2D eigenvalue weighted by Crippen LogP contribution is 2.35. The zero-order chi connectivity index (χ0) is 23.5. The number of aliphatic hydroxyl groups excluding tert-OH is 1. The lowest BCUT2D eigenvalue weighted by Gasteiger charge is -2.15. The minimum Gasteiger partial charge on any atom is -0.480 e. The summed E-state index contributed by atoms with van der Waals surface area (Å²) in [6, 6.07) is 6.73. The van der Waals surface area contributed by atoms with Crippen LogP contribution in [0.25, 0.3) is 0 Å². The molecular weight excluding hydrogens is 455 g/mol. The molecule has 13 heteroatoms. The van der Waals surface area contributed by atoms with Crippen LogP contribution in [-0.4, -0.2) is 32.0 Å². The van der Waals surface area contributed by atoms with E-state index in [2.05, 4.69) is 15.2 Å². The Balaban J connectivity index is 2.07. The highest BCUT2D eigenvalue weighted by molar-refractivity contribution is 6.30. The molecule has 0 saturated carbocycles. The van der Waals surface area contributed by atoms with Gasteiger partial charge >= 0.3 is 6.18 Å². The molecule has 0 aliphatic carbocycles. The first-order valence-corrected chi connectivity index (χ1v) is 9.09. The number of halogens is 4. The Labute approximate surface area is 183 Å². The van der Waals surface area contributed by atoms with E-state index in [4.69, 9.17) is 26.3 Å². The summed E-state index contributed by atoms with van der Waals surface area (Å²) in [5, 5.41) is 26.0. The Bertz CT molecular complexity index is 1260. The zero-order valence-corrected chi connectivity index (χ0v) is 17.0. The maximum Gasteiger partial charge on any atom is 0.437 e. The van der Waals surface area contributed by atoms with E-state index in [1.807, 2.05) is 0 Å². The van der Waals surface area contributed by atoms with Gasteiger partial charge in [0.2, 0.25) is 11.6 Å². The second-order valence-electron chi connectivity index (χ2n) is 6.27. The second kappa shape index (κ2) is 9.21. The first kappa shape index (κ1) is 23.0. The van der Waals surface area contributed by atoms with E-state index in [1.54, 1.807) is 6.07 Å². The Morgan fingerprint density at radius 1 is 1.25 bits per heavy atom. The van der Waals surface area contributed by atoms with Crippen molar-refractivity contribution in [2.45, 2.75) is 19.3 Å². The van der Waals surface area contributed by atoms with E-state index in [9.17, 15) is 23.1 Å². The highest BCUT2D eigenvalue weighted by Gasteiger charge is 2.38. The van der Waals surface area contributed by atoms with Gasteiger partial charge in [-0.3, -0.25) is 9.36 Å². The van der Waals surface area contributed by atoms with Crippen molar-refractivity contribution in [3.63, 3.8) is 0 Å². The maximum atomic E-state index is 13.5. The second-order valence-corrected chi connectivity index (χ2v) is 6.71. The fourth-order valence-corrected chi connectivity index (χ4v) is 2.91. The summed E-state index contributed by atoms with van der Waals surface area (Å²) in [5.74, 6) is -1.29. The smallest absolute Gasteiger partial charge is 0.437 e. The van der Waals surface area contributed by atoms with Crippen molar-refractivity contribution in [3.05, 3.63) is 68.5 Å². The van der Waals surface area contributed by atoms with Gasteiger partial charge in [0.05, 0.1) is 43.9 Å². The number of hydrogen-bond acceptors (Lipinski definition) is 8. The van der Waals surface area contributed by atoms with Gasteiger partial charge in [0, 0.05) is 10.6 Å². The molecule has 0 bridgehead atoms. The predicted octanol–water partition coefficient (Wildman–Crippen LogP) is 2.92. The van der Waals surface area contributed by atoms with Crippen LogP contribution >= 0.6 is 11.6 Å². The number of hydrogen-bond donors (Lipinski definition) is 1. The summed E-state index contributed by atoms with van der Waals surface area (Å²) in [4.78, 5) is 16.2. The number of methoxy groups -OCH3 is 1. The lowest BCUT2D eigenvalue weighted by molar-refractivity contribution is -0.142. The molecule has 1 N–H and O–H groups in total. The van der Waals surface area contributed by atoms with Crippen LogP contribution in [0.2, 0.25) is 5.02 Å². The van der Waals surface area contributed by atoms with E-state index < -0.39 is 29.8 Å². The van der Waals surface area contributed by atoms with Crippen LogP contribution in [0.5, 0.6) is 17.4 Å². The van der Waals surface area contributed by atoms with Crippen molar-refractivity contribution in [1.29, 1.82) is 5.26 Å². The SMILES string of the molecule is COc1nnc(Cn2cnc(C(F)(F)F)c(Oc3cc(Cl)cc(C#N)c3)c2=O)cc1CO. The molecule has 0 aliphatic heterocycles. The molecule has 0 fully saturated rings. The standard InChI is InChI=1S/C19H13ClF3N5O4/c1-31-17-11(8-29)4-13(26-27-17)7-28-9-25-16(19(21,22)23)15(18(28)30)32-14-3-10(6-24)2-12(20)5-14/h2-5,9,29H,7-8H2,1H3. The molecule has 1 aromatic carbocycles.